The van der Waals surface area contributed by atoms with E-state index in [9.17, 15) is 4.79 Å². The third kappa shape index (κ3) is 2.91. The number of rotatable bonds is 4. The van der Waals surface area contributed by atoms with E-state index in [1.54, 1.807) is 0 Å². The Hall–Kier alpha value is -2.88. The minimum Gasteiger partial charge on any atom is -0.463 e. The lowest BCUT2D eigenvalue weighted by Crippen LogP contribution is -2.04. The van der Waals surface area contributed by atoms with Crippen LogP contribution in [0.25, 0.3) is 11.5 Å². The number of benzene rings is 2. The Balaban J connectivity index is 2.00. The molecule has 0 bridgehead atoms. The second kappa shape index (κ2) is 6.26. The predicted molar refractivity (Wildman–Crippen MR) is 82.5 cm³/mol. The highest BCUT2D eigenvalue weighted by Crippen LogP contribution is 2.24. The van der Waals surface area contributed by atoms with Crippen molar-refractivity contribution in [1.82, 2.24) is 4.98 Å². The highest BCUT2D eigenvalue weighted by atomic mass is 16.5. The summed E-state index contributed by atoms with van der Waals surface area (Å²) in [5.41, 5.74) is 2.46. The molecule has 0 aliphatic heterocycles. The molecule has 4 heteroatoms. The summed E-state index contributed by atoms with van der Waals surface area (Å²) in [7, 11) is 1.33. The molecule has 2 aromatic carbocycles. The molecule has 0 N–H and O–H groups in total. The van der Waals surface area contributed by atoms with Gasteiger partial charge in [-0.1, -0.05) is 48.5 Å². The van der Waals surface area contributed by atoms with Crippen LogP contribution in [0.2, 0.25) is 0 Å². The fourth-order valence-electron chi connectivity index (χ4n) is 2.22. The van der Waals surface area contributed by atoms with E-state index >= 15 is 0 Å². The monoisotopic (exact) mass is 293 g/mol. The van der Waals surface area contributed by atoms with Crippen LogP contribution >= 0.6 is 0 Å². The summed E-state index contributed by atoms with van der Waals surface area (Å²) >= 11 is 0. The zero-order chi connectivity index (χ0) is 15.4. The molecule has 0 amide bonds. The van der Waals surface area contributed by atoms with Crippen LogP contribution in [-0.4, -0.2) is 18.1 Å². The third-order valence-corrected chi connectivity index (χ3v) is 3.30. The smallest absolute Gasteiger partial charge is 0.376 e. The van der Waals surface area contributed by atoms with E-state index in [1.807, 2.05) is 60.7 Å². The molecule has 0 aliphatic carbocycles. The van der Waals surface area contributed by atoms with Gasteiger partial charge < -0.3 is 9.15 Å². The maximum absolute atomic E-state index is 11.9. The van der Waals surface area contributed by atoms with Gasteiger partial charge in [0.05, 0.1) is 12.8 Å². The lowest BCUT2D eigenvalue weighted by Gasteiger charge is -1.99. The molecule has 22 heavy (non-hydrogen) atoms. The Morgan fingerprint density at radius 3 is 2.32 bits per heavy atom. The molecule has 3 aromatic rings. The molecule has 0 atom stereocenters. The maximum atomic E-state index is 11.9. The number of nitrogens with zero attached hydrogens (tertiary/aromatic N) is 1. The first-order valence-electron chi connectivity index (χ1n) is 6.95. The predicted octanol–water partition coefficient (Wildman–Crippen LogP) is 3.72. The second-order valence-corrected chi connectivity index (χ2v) is 4.81. The minimum absolute atomic E-state index is 0.158. The molecule has 0 saturated heterocycles. The molecule has 0 radical (unpaired) electrons. The fourth-order valence-corrected chi connectivity index (χ4v) is 2.22. The summed E-state index contributed by atoms with van der Waals surface area (Å²) < 4.78 is 10.4. The quantitative estimate of drug-likeness (QED) is 0.688. The molecular weight excluding hydrogens is 278 g/mol. The van der Waals surface area contributed by atoms with Gasteiger partial charge in [-0.2, -0.15) is 0 Å². The lowest BCUT2D eigenvalue weighted by molar-refractivity contribution is 0.0564. The van der Waals surface area contributed by atoms with Gasteiger partial charge in [-0.25, -0.2) is 9.78 Å². The van der Waals surface area contributed by atoms with Crippen LogP contribution < -0.4 is 0 Å². The number of esters is 1. The highest BCUT2D eigenvalue weighted by Gasteiger charge is 2.21. The Morgan fingerprint density at radius 1 is 1.05 bits per heavy atom. The number of methoxy groups -OCH3 is 1. The largest absolute Gasteiger partial charge is 0.463 e. The van der Waals surface area contributed by atoms with Crippen LogP contribution in [0.15, 0.2) is 65.1 Å². The number of ether oxygens (including phenoxy) is 1. The number of carbonyl (C=O) groups is 1. The molecule has 1 heterocycles. The summed E-state index contributed by atoms with van der Waals surface area (Å²) in [5.74, 6) is 0.0674. The highest BCUT2D eigenvalue weighted by molar-refractivity contribution is 5.88. The van der Waals surface area contributed by atoms with Crippen molar-refractivity contribution in [2.75, 3.05) is 7.11 Å². The molecule has 0 spiro atoms. The van der Waals surface area contributed by atoms with Crippen LogP contribution in [-0.2, 0) is 11.2 Å². The summed E-state index contributed by atoms with van der Waals surface area (Å²) in [6.45, 7) is 0. The van der Waals surface area contributed by atoms with Gasteiger partial charge in [0.1, 0.15) is 0 Å². The summed E-state index contributed by atoms with van der Waals surface area (Å²) in [4.78, 5) is 16.4. The molecule has 0 unspecified atom stereocenters. The zero-order valence-electron chi connectivity index (χ0n) is 12.2. The van der Waals surface area contributed by atoms with Gasteiger partial charge >= 0.3 is 5.97 Å². The van der Waals surface area contributed by atoms with E-state index in [4.69, 9.17) is 9.15 Å². The van der Waals surface area contributed by atoms with Crippen LogP contribution in [0.1, 0.15) is 21.8 Å². The van der Waals surface area contributed by atoms with Crippen molar-refractivity contribution >= 4 is 5.97 Å². The van der Waals surface area contributed by atoms with Crippen LogP contribution in [0.5, 0.6) is 0 Å². The van der Waals surface area contributed by atoms with Gasteiger partial charge in [0.25, 0.3) is 0 Å². The van der Waals surface area contributed by atoms with Gasteiger partial charge in [0.2, 0.25) is 11.7 Å². The van der Waals surface area contributed by atoms with E-state index in [0.29, 0.717) is 18.0 Å². The fraction of sp³-hybridized carbons (Fsp3) is 0.111. The molecule has 110 valence electrons. The van der Waals surface area contributed by atoms with Crippen molar-refractivity contribution in [1.29, 1.82) is 0 Å². The Labute approximate surface area is 128 Å². The summed E-state index contributed by atoms with van der Waals surface area (Å²) in [6, 6.07) is 19.3. The second-order valence-electron chi connectivity index (χ2n) is 4.81. The molecule has 4 nitrogen and oxygen atoms in total. The zero-order valence-corrected chi connectivity index (χ0v) is 12.2. The first kappa shape index (κ1) is 14.1. The molecular formula is C18H15NO3. The Bertz CT molecular complexity index is 764. The van der Waals surface area contributed by atoms with Crippen molar-refractivity contribution in [3.05, 3.63) is 77.7 Å². The van der Waals surface area contributed by atoms with E-state index < -0.39 is 5.97 Å². The third-order valence-electron chi connectivity index (χ3n) is 3.30. The number of carbonyl (C=O) groups excluding carboxylic acids is 1. The molecule has 0 saturated carbocycles. The average molecular weight is 293 g/mol. The molecule has 0 fully saturated rings. The number of oxazole rings is 1. The maximum Gasteiger partial charge on any atom is 0.376 e. The van der Waals surface area contributed by atoms with E-state index in [-0.39, 0.29) is 5.76 Å². The van der Waals surface area contributed by atoms with Crippen molar-refractivity contribution < 1.29 is 13.9 Å². The summed E-state index contributed by atoms with van der Waals surface area (Å²) in [5, 5.41) is 0. The van der Waals surface area contributed by atoms with Crippen LogP contribution in [0.3, 0.4) is 0 Å². The van der Waals surface area contributed by atoms with Crippen molar-refractivity contribution in [3.63, 3.8) is 0 Å². The first-order valence-corrected chi connectivity index (χ1v) is 6.95. The van der Waals surface area contributed by atoms with Gasteiger partial charge in [-0.15, -0.1) is 0 Å². The van der Waals surface area contributed by atoms with Gasteiger partial charge in [-0.3, -0.25) is 0 Å². The van der Waals surface area contributed by atoms with Crippen molar-refractivity contribution in [2.45, 2.75) is 6.42 Å². The molecule has 0 aliphatic rings. The Morgan fingerprint density at radius 2 is 1.68 bits per heavy atom. The lowest BCUT2D eigenvalue weighted by atomic mass is 10.1. The van der Waals surface area contributed by atoms with Crippen LogP contribution in [0, 0.1) is 0 Å². The topological polar surface area (TPSA) is 52.3 Å². The number of hydrogen-bond acceptors (Lipinski definition) is 4. The van der Waals surface area contributed by atoms with Crippen molar-refractivity contribution in [3.8, 4) is 11.5 Å². The van der Waals surface area contributed by atoms with E-state index in [0.717, 1.165) is 11.1 Å². The minimum atomic E-state index is -0.513. The molecule has 1 aromatic heterocycles. The number of hydrogen-bond donors (Lipinski definition) is 0. The van der Waals surface area contributed by atoms with Crippen LogP contribution in [0.4, 0.5) is 0 Å². The van der Waals surface area contributed by atoms with Gasteiger partial charge in [0, 0.05) is 12.0 Å². The van der Waals surface area contributed by atoms with E-state index in [1.165, 1.54) is 7.11 Å². The SMILES string of the molecule is COC(=O)c1oc(-c2ccccc2)nc1Cc1ccccc1. The standard InChI is InChI=1S/C18H15NO3/c1-21-18(20)16-15(12-13-8-4-2-5-9-13)19-17(22-16)14-10-6-3-7-11-14/h2-11H,12H2,1H3. The van der Waals surface area contributed by atoms with Crippen molar-refractivity contribution in [2.24, 2.45) is 0 Å². The first-order chi connectivity index (χ1) is 10.8. The average Bonchev–Trinajstić information content (AvgIpc) is 3.00. The number of aromatic nitrogens is 1. The Kier molecular flexibility index (Phi) is 4.01. The van der Waals surface area contributed by atoms with E-state index in [2.05, 4.69) is 4.98 Å². The molecule has 3 rings (SSSR count). The van der Waals surface area contributed by atoms with Gasteiger partial charge in [0.15, 0.2) is 0 Å². The normalized spacial score (nSPS) is 10.4. The van der Waals surface area contributed by atoms with Gasteiger partial charge in [-0.05, 0) is 17.7 Å². The summed E-state index contributed by atoms with van der Waals surface area (Å²) in [6.07, 6.45) is 0.515.